The molecule has 0 radical (unpaired) electrons. The number of hydrogen-bond acceptors (Lipinski definition) is 4. The number of benzene rings is 1. The van der Waals surface area contributed by atoms with Gasteiger partial charge >= 0.3 is 0 Å². The lowest BCUT2D eigenvalue weighted by Gasteiger charge is -2.19. The summed E-state index contributed by atoms with van der Waals surface area (Å²) < 4.78 is 1.82. The quantitative estimate of drug-likeness (QED) is 0.797. The first-order valence-corrected chi connectivity index (χ1v) is 8.37. The average molecular weight is 304 g/mol. The Morgan fingerprint density at radius 1 is 1.29 bits per heavy atom. The number of nitrogens with one attached hydrogen (secondary N) is 1. The predicted molar refractivity (Wildman–Crippen MR) is 88.7 cm³/mol. The maximum atomic E-state index is 4.28. The summed E-state index contributed by atoms with van der Waals surface area (Å²) in [6.07, 6.45) is 2.74. The number of aromatic nitrogens is 3. The molecule has 0 saturated heterocycles. The molecule has 0 aliphatic heterocycles. The molecule has 0 spiro atoms. The van der Waals surface area contributed by atoms with E-state index in [0.717, 1.165) is 23.9 Å². The summed E-state index contributed by atoms with van der Waals surface area (Å²) in [6.45, 7) is 7.55. The maximum absolute atomic E-state index is 4.28. The molecule has 114 valence electrons. The lowest BCUT2D eigenvalue weighted by atomic mass is 10.0. The van der Waals surface area contributed by atoms with Gasteiger partial charge in [-0.25, -0.2) is 9.67 Å². The molecule has 0 saturated carbocycles. The molecule has 0 fully saturated rings. The highest BCUT2D eigenvalue weighted by molar-refractivity contribution is 7.99. The van der Waals surface area contributed by atoms with Gasteiger partial charge in [0.25, 0.3) is 0 Å². The van der Waals surface area contributed by atoms with Crippen LogP contribution >= 0.6 is 11.8 Å². The molecule has 1 unspecified atom stereocenters. The van der Waals surface area contributed by atoms with Crippen LogP contribution in [0.2, 0.25) is 0 Å². The Hall–Kier alpha value is -1.33. The van der Waals surface area contributed by atoms with Crippen LogP contribution in [0.25, 0.3) is 0 Å². The van der Waals surface area contributed by atoms with Crippen molar-refractivity contribution in [3.8, 4) is 0 Å². The molecular formula is C16H24N4S. The number of rotatable bonds is 7. The van der Waals surface area contributed by atoms with Crippen molar-refractivity contribution in [2.75, 3.05) is 12.3 Å². The molecule has 0 amide bonds. The topological polar surface area (TPSA) is 42.7 Å². The molecule has 21 heavy (non-hydrogen) atoms. The lowest BCUT2D eigenvalue weighted by molar-refractivity contribution is 0.575. The van der Waals surface area contributed by atoms with Gasteiger partial charge in [-0.1, -0.05) is 36.9 Å². The Morgan fingerprint density at radius 3 is 2.71 bits per heavy atom. The predicted octanol–water partition coefficient (Wildman–Crippen LogP) is 3.26. The molecule has 2 aromatic rings. The van der Waals surface area contributed by atoms with E-state index in [1.165, 1.54) is 16.7 Å². The molecular weight excluding hydrogens is 280 g/mol. The minimum Gasteiger partial charge on any atom is -0.309 e. The zero-order valence-electron chi connectivity index (χ0n) is 13.3. The molecule has 0 bridgehead atoms. The third kappa shape index (κ3) is 4.32. The van der Waals surface area contributed by atoms with E-state index in [1.807, 2.05) is 11.7 Å². The second-order valence-electron chi connectivity index (χ2n) is 5.33. The molecule has 4 nitrogen and oxygen atoms in total. The number of nitrogens with zero attached hydrogens (tertiary/aromatic N) is 3. The Kier molecular flexibility index (Phi) is 5.82. The Morgan fingerprint density at radius 2 is 2.10 bits per heavy atom. The van der Waals surface area contributed by atoms with Crippen molar-refractivity contribution in [1.82, 2.24) is 20.1 Å². The largest absolute Gasteiger partial charge is 0.309 e. The number of hydrogen-bond donors (Lipinski definition) is 1. The molecule has 1 atom stereocenters. The highest BCUT2D eigenvalue weighted by Gasteiger charge is 2.13. The van der Waals surface area contributed by atoms with Crippen LogP contribution < -0.4 is 5.32 Å². The van der Waals surface area contributed by atoms with Gasteiger partial charge in [0.2, 0.25) is 0 Å². The zero-order valence-corrected chi connectivity index (χ0v) is 14.1. The Labute approximate surface area is 131 Å². The lowest BCUT2D eigenvalue weighted by Crippen LogP contribution is -2.24. The molecule has 1 aromatic carbocycles. The van der Waals surface area contributed by atoms with Crippen LogP contribution in [0.4, 0.5) is 0 Å². The molecule has 1 aromatic heterocycles. The monoisotopic (exact) mass is 304 g/mol. The third-order valence-electron chi connectivity index (χ3n) is 3.62. The minimum absolute atomic E-state index is 0.339. The van der Waals surface area contributed by atoms with Crippen LogP contribution in [0.5, 0.6) is 0 Å². The fourth-order valence-corrected chi connectivity index (χ4v) is 3.13. The van der Waals surface area contributed by atoms with Gasteiger partial charge in [-0.05, 0) is 43.5 Å². The van der Waals surface area contributed by atoms with Crippen molar-refractivity contribution in [3.63, 3.8) is 0 Å². The summed E-state index contributed by atoms with van der Waals surface area (Å²) in [6, 6.07) is 7.07. The molecule has 5 heteroatoms. The van der Waals surface area contributed by atoms with E-state index in [4.69, 9.17) is 0 Å². The molecule has 0 aliphatic carbocycles. The van der Waals surface area contributed by atoms with E-state index in [-0.39, 0.29) is 0 Å². The Balaban J connectivity index is 2.09. The van der Waals surface area contributed by atoms with E-state index in [9.17, 15) is 0 Å². The summed E-state index contributed by atoms with van der Waals surface area (Å²) >= 11 is 1.74. The summed E-state index contributed by atoms with van der Waals surface area (Å²) in [5.41, 5.74) is 4.04. The average Bonchev–Trinajstić information content (AvgIpc) is 2.88. The molecule has 1 N–H and O–H groups in total. The van der Waals surface area contributed by atoms with Gasteiger partial charge in [0.15, 0.2) is 5.16 Å². The van der Waals surface area contributed by atoms with Crippen LogP contribution in [-0.4, -0.2) is 27.1 Å². The molecule has 1 heterocycles. The van der Waals surface area contributed by atoms with E-state index in [2.05, 4.69) is 54.4 Å². The van der Waals surface area contributed by atoms with Gasteiger partial charge < -0.3 is 5.32 Å². The first-order chi connectivity index (χ1) is 10.1. The van der Waals surface area contributed by atoms with Gasteiger partial charge in [0, 0.05) is 18.8 Å². The minimum atomic E-state index is 0.339. The smallest absolute Gasteiger partial charge is 0.185 e. The van der Waals surface area contributed by atoms with Crippen LogP contribution in [-0.2, 0) is 7.05 Å². The first kappa shape index (κ1) is 16.0. The standard InChI is InChI=1S/C16H24N4S/c1-5-8-17-15(10-21-16-18-11-19-20(16)4)14-7-6-12(2)13(3)9-14/h6-7,9,11,15,17H,5,8,10H2,1-4H3. The van der Waals surface area contributed by atoms with Crippen molar-refractivity contribution >= 4 is 11.8 Å². The van der Waals surface area contributed by atoms with Gasteiger partial charge in [-0.15, -0.1) is 0 Å². The van der Waals surface area contributed by atoms with Crippen molar-refractivity contribution in [2.24, 2.45) is 7.05 Å². The van der Waals surface area contributed by atoms with Gasteiger partial charge in [0.05, 0.1) is 0 Å². The van der Waals surface area contributed by atoms with Crippen molar-refractivity contribution < 1.29 is 0 Å². The summed E-state index contributed by atoms with van der Waals surface area (Å²) in [5.74, 6) is 0.953. The van der Waals surface area contributed by atoms with Crippen molar-refractivity contribution in [3.05, 3.63) is 41.2 Å². The highest BCUT2D eigenvalue weighted by atomic mass is 32.2. The number of thioether (sulfide) groups is 1. The maximum Gasteiger partial charge on any atom is 0.185 e. The van der Waals surface area contributed by atoms with E-state index in [1.54, 1.807) is 18.1 Å². The second kappa shape index (κ2) is 7.61. The van der Waals surface area contributed by atoms with Gasteiger partial charge in [-0.2, -0.15) is 5.10 Å². The SMILES string of the molecule is CCCNC(CSc1ncnn1C)c1ccc(C)c(C)c1. The second-order valence-corrected chi connectivity index (χ2v) is 6.31. The van der Waals surface area contributed by atoms with Crippen molar-refractivity contribution in [1.29, 1.82) is 0 Å². The van der Waals surface area contributed by atoms with Crippen LogP contribution in [0.3, 0.4) is 0 Å². The zero-order chi connectivity index (χ0) is 15.2. The molecule has 2 rings (SSSR count). The fraction of sp³-hybridized carbons (Fsp3) is 0.500. The summed E-state index contributed by atoms with van der Waals surface area (Å²) in [7, 11) is 1.93. The van der Waals surface area contributed by atoms with E-state index < -0.39 is 0 Å². The highest BCUT2D eigenvalue weighted by Crippen LogP contribution is 2.24. The van der Waals surface area contributed by atoms with Gasteiger partial charge in [0.1, 0.15) is 6.33 Å². The van der Waals surface area contributed by atoms with E-state index >= 15 is 0 Å². The van der Waals surface area contributed by atoms with Crippen LogP contribution in [0.15, 0.2) is 29.7 Å². The molecule has 0 aliphatic rings. The normalized spacial score (nSPS) is 12.6. The summed E-state index contributed by atoms with van der Waals surface area (Å²) in [5, 5.41) is 8.72. The van der Waals surface area contributed by atoms with Crippen molar-refractivity contribution in [2.45, 2.75) is 38.4 Å². The van der Waals surface area contributed by atoms with Crippen LogP contribution in [0, 0.1) is 13.8 Å². The first-order valence-electron chi connectivity index (χ1n) is 7.39. The fourth-order valence-electron chi connectivity index (χ4n) is 2.15. The number of aryl methyl sites for hydroxylation is 3. The van der Waals surface area contributed by atoms with Gasteiger partial charge in [-0.3, -0.25) is 0 Å². The Bertz CT molecular complexity index is 579. The third-order valence-corrected chi connectivity index (χ3v) is 4.75. The summed E-state index contributed by atoms with van der Waals surface area (Å²) in [4.78, 5) is 4.28. The van der Waals surface area contributed by atoms with Crippen LogP contribution in [0.1, 0.15) is 36.1 Å². The van der Waals surface area contributed by atoms with E-state index in [0.29, 0.717) is 6.04 Å².